The Balaban J connectivity index is 2.18. The van der Waals surface area contributed by atoms with Crippen LogP contribution in [0, 0.1) is 0 Å². The van der Waals surface area contributed by atoms with E-state index in [0.29, 0.717) is 0 Å². The number of hydrogen-bond donors (Lipinski definition) is 5. The molecule has 1 fully saturated rings. The highest BCUT2D eigenvalue weighted by Gasteiger charge is 2.47. The number of carbonyl (C=O) groups is 3. The van der Waals surface area contributed by atoms with Gasteiger partial charge in [0.05, 0.1) is 12.2 Å². The molecule has 5 N–H and O–H groups in total. The minimum atomic E-state index is -2.02. The van der Waals surface area contributed by atoms with Crippen molar-refractivity contribution in [3.63, 3.8) is 0 Å². The summed E-state index contributed by atoms with van der Waals surface area (Å²) in [6.07, 6.45) is -5.28. The van der Waals surface area contributed by atoms with Crippen LogP contribution >= 0.6 is 0 Å². The third kappa shape index (κ3) is 3.03. The Hall–Kier alpha value is -2.85. The first-order valence-electron chi connectivity index (χ1n) is 6.25. The van der Waals surface area contributed by atoms with Gasteiger partial charge in [-0.1, -0.05) is 0 Å². The van der Waals surface area contributed by atoms with E-state index in [-0.39, 0.29) is 0 Å². The maximum atomic E-state index is 11.9. The number of phenols is 3. The van der Waals surface area contributed by atoms with Crippen molar-refractivity contribution in [1.82, 2.24) is 0 Å². The van der Waals surface area contributed by atoms with Crippen molar-refractivity contribution in [3.05, 3.63) is 17.7 Å². The molecule has 10 heteroatoms. The number of ketones is 1. The van der Waals surface area contributed by atoms with Crippen LogP contribution in [0.1, 0.15) is 10.4 Å². The second-order valence-corrected chi connectivity index (χ2v) is 4.65. The molecule has 1 heterocycles. The molecule has 0 bridgehead atoms. The number of esters is 2. The maximum Gasteiger partial charge on any atom is 0.343 e. The lowest BCUT2D eigenvalue weighted by atomic mass is 10.1. The number of aromatic hydroxyl groups is 3. The Labute approximate surface area is 128 Å². The van der Waals surface area contributed by atoms with Gasteiger partial charge in [0.2, 0.25) is 18.0 Å². The van der Waals surface area contributed by atoms with Crippen molar-refractivity contribution >= 4 is 17.7 Å². The smallest absolute Gasteiger partial charge is 0.343 e. The quantitative estimate of drug-likeness (QED) is 0.241. The molecule has 0 saturated carbocycles. The number of cyclic esters (lactones) is 1. The molecule has 0 aromatic heterocycles. The minimum absolute atomic E-state index is 0.395. The largest absolute Gasteiger partial charge is 0.504 e. The molecule has 0 aliphatic carbocycles. The van der Waals surface area contributed by atoms with Crippen LogP contribution in [0.3, 0.4) is 0 Å². The monoisotopic (exact) mass is 328 g/mol. The molecule has 10 nitrogen and oxygen atoms in total. The molecule has 1 aromatic rings. The van der Waals surface area contributed by atoms with Gasteiger partial charge in [0.15, 0.2) is 23.4 Å². The number of benzene rings is 1. The molecule has 1 saturated heterocycles. The molecule has 124 valence electrons. The lowest BCUT2D eigenvalue weighted by Gasteiger charge is -2.19. The Morgan fingerprint density at radius 2 is 1.78 bits per heavy atom. The third-order valence-corrected chi connectivity index (χ3v) is 3.10. The first-order valence-corrected chi connectivity index (χ1v) is 6.25. The van der Waals surface area contributed by atoms with Gasteiger partial charge in [-0.3, -0.25) is 4.79 Å². The molecule has 1 aliphatic rings. The first-order chi connectivity index (χ1) is 10.8. The van der Waals surface area contributed by atoms with E-state index in [1.54, 1.807) is 0 Å². The van der Waals surface area contributed by atoms with Gasteiger partial charge in [-0.15, -0.1) is 0 Å². The number of phenolic OH excluding ortho intramolecular Hbond substituents is 3. The van der Waals surface area contributed by atoms with Crippen molar-refractivity contribution in [2.45, 2.75) is 18.3 Å². The number of aliphatic hydroxyl groups excluding tert-OH is 2. The van der Waals surface area contributed by atoms with E-state index in [2.05, 4.69) is 4.74 Å². The molecular weight excluding hydrogens is 316 g/mol. The van der Waals surface area contributed by atoms with Crippen molar-refractivity contribution in [1.29, 1.82) is 0 Å². The summed E-state index contributed by atoms with van der Waals surface area (Å²) in [6, 6.07) is 1.56. The number of hydrogen-bond acceptors (Lipinski definition) is 10. The molecule has 23 heavy (non-hydrogen) atoms. The lowest BCUT2D eigenvalue weighted by Crippen LogP contribution is -2.40. The summed E-state index contributed by atoms with van der Waals surface area (Å²) in [5.74, 6) is -5.91. The molecule has 3 atom stereocenters. The van der Waals surface area contributed by atoms with Gasteiger partial charge < -0.3 is 35.0 Å². The Bertz CT molecular complexity index is 644. The fourth-order valence-corrected chi connectivity index (χ4v) is 1.90. The molecule has 0 amide bonds. The molecular formula is C13H12O10. The second-order valence-electron chi connectivity index (χ2n) is 4.65. The summed E-state index contributed by atoms with van der Waals surface area (Å²) in [5.41, 5.74) is -0.395. The van der Waals surface area contributed by atoms with Crippen molar-refractivity contribution < 1.29 is 49.4 Å². The topological polar surface area (TPSA) is 171 Å². The van der Waals surface area contributed by atoms with Gasteiger partial charge in [-0.2, -0.15) is 0 Å². The van der Waals surface area contributed by atoms with Crippen LogP contribution in [-0.2, 0) is 19.1 Å². The molecule has 0 spiro atoms. The summed E-state index contributed by atoms with van der Waals surface area (Å²) in [6.45, 7) is -0.891. The fourth-order valence-electron chi connectivity index (χ4n) is 1.90. The fraction of sp³-hybridized carbons (Fsp3) is 0.308. The predicted molar refractivity (Wildman–Crippen MR) is 68.6 cm³/mol. The van der Waals surface area contributed by atoms with E-state index in [0.717, 1.165) is 12.1 Å². The highest BCUT2D eigenvalue weighted by molar-refractivity contribution is 6.09. The second kappa shape index (κ2) is 6.10. The average molecular weight is 328 g/mol. The van der Waals surface area contributed by atoms with E-state index in [9.17, 15) is 39.9 Å². The van der Waals surface area contributed by atoms with Crippen LogP contribution in [0.15, 0.2) is 12.1 Å². The van der Waals surface area contributed by atoms with Crippen LogP contribution in [-0.4, -0.2) is 68.2 Å². The van der Waals surface area contributed by atoms with Gasteiger partial charge in [-0.05, 0) is 12.1 Å². The first kappa shape index (κ1) is 16.5. The zero-order chi connectivity index (χ0) is 17.3. The standard InChI is InChI=1S/C13H12O10/c14-3-7(11-9(18)10(19)13(21)23-11)22-12(20)4-1-5(15)8(17)6(16)2-4/h1-2,7,10-11,14-17,19H,3H2. The minimum Gasteiger partial charge on any atom is -0.504 e. The predicted octanol–water partition coefficient (Wildman–Crippen LogP) is -1.82. The molecule has 3 unspecified atom stereocenters. The van der Waals surface area contributed by atoms with Crippen LogP contribution in [0.25, 0.3) is 0 Å². The lowest BCUT2D eigenvalue weighted by molar-refractivity contribution is -0.151. The summed E-state index contributed by atoms with van der Waals surface area (Å²) in [7, 11) is 0. The summed E-state index contributed by atoms with van der Waals surface area (Å²) >= 11 is 0. The van der Waals surface area contributed by atoms with E-state index in [4.69, 9.17) is 4.74 Å². The Kier molecular flexibility index (Phi) is 4.38. The highest BCUT2D eigenvalue weighted by Crippen LogP contribution is 2.35. The molecule has 1 aliphatic heterocycles. The van der Waals surface area contributed by atoms with Crippen LogP contribution in [0.2, 0.25) is 0 Å². The Morgan fingerprint density at radius 3 is 2.22 bits per heavy atom. The van der Waals surface area contributed by atoms with E-state index >= 15 is 0 Å². The van der Waals surface area contributed by atoms with Crippen LogP contribution in [0.4, 0.5) is 0 Å². The van der Waals surface area contributed by atoms with Gasteiger partial charge >= 0.3 is 11.9 Å². The van der Waals surface area contributed by atoms with Crippen molar-refractivity contribution in [2.24, 2.45) is 0 Å². The number of carbonyl (C=O) groups excluding carboxylic acids is 3. The van der Waals surface area contributed by atoms with Gasteiger partial charge in [0.25, 0.3) is 0 Å². The zero-order valence-electron chi connectivity index (χ0n) is 11.4. The summed E-state index contributed by atoms with van der Waals surface area (Å²) in [5, 5.41) is 46.2. The SMILES string of the molecule is O=C(OC(CO)C1OC(=O)C(O)C1=O)c1cc(O)c(O)c(O)c1. The van der Waals surface area contributed by atoms with Crippen LogP contribution in [0.5, 0.6) is 17.2 Å². The molecule has 0 radical (unpaired) electrons. The van der Waals surface area contributed by atoms with E-state index in [1.807, 2.05) is 0 Å². The van der Waals surface area contributed by atoms with Crippen molar-refractivity contribution in [3.8, 4) is 17.2 Å². The normalized spacial score (nSPS) is 21.8. The maximum absolute atomic E-state index is 11.9. The number of aliphatic hydroxyl groups is 2. The van der Waals surface area contributed by atoms with Crippen LogP contribution < -0.4 is 0 Å². The van der Waals surface area contributed by atoms with Gasteiger partial charge in [0.1, 0.15) is 0 Å². The molecule has 2 rings (SSSR count). The molecule has 1 aromatic carbocycles. The summed E-state index contributed by atoms with van der Waals surface area (Å²) < 4.78 is 9.31. The zero-order valence-corrected chi connectivity index (χ0v) is 11.4. The number of rotatable bonds is 4. The van der Waals surface area contributed by atoms with Crippen molar-refractivity contribution in [2.75, 3.05) is 6.61 Å². The van der Waals surface area contributed by atoms with E-state index in [1.165, 1.54) is 0 Å². The highest BCUT2D eigenvalue weighted by atomic mass is 16.6. The third-order valence-electron chi connectivity index (χ3n) is 3.10. The van der Waals surface area contributed by atoms with E-state index < -0.39 is 65.5 Å². The Morgan fingerprint density at radius 1 is 1.22 bits per heavy atom. The number of Topliss-reactive ketones (excluding diaryl/α,β-unsaturated/α-hetero) is 1. The van der Waals surface area contributed by atoms with Gasteiger partial charge in [-0.25, -0.2) is 9.59 Å². The number of ether oxygens (including phenoxy) is 2. The van der Waals surface area contributed by atoms with Gasteiger partial charge in [0, 0.05) is 0 Å². The average Bonchev–Trinajstić information content (AvgIpc) is 2.77. The summed E-state index contributed by atoms with van der Waals surface area (Å²) in [4.78, 5) is 34.6.